The van der Waals surface area contributed by atoms with Crippen molar-refractivity contribution in [3.8, 4) is 0 Å². The molecule has 0 heterocycles. The van der Waals surface area contributed by atoms with Gasteiger partial charge in [-0.25, -0.2) is 0 Å². The second-order valence-electron chi connectivity index (χ2n) is 2.96. The summed E-state index contributed by atoms with van der Waals surface area (Å²) >= 11 is 0. The fourth-order valence-corrected chi connectivity index (χ4v) is 1.43. The third-order valence-corrected chi connectivity index (χ3v) is 2.01. The lowest BCUT2D eigenvalue weighted by atomic mass is 9.96. The monoisotopic (exact) mass is 153 g/mol. The van der Waals surface area contributed by atoms with Gasteiger partial charge in [-0.05, 0) is 32.3 Å². The second-order valence-corrected chi connectivity index (χ2v) is 2.96. The van der Waals surface area contributed by atoms with E-state index in [4.69, 9.17) is 0 Å². The summed E-state index contributed by atoms with van der Waals surface area (Å²) in [5.74, 6) is 0.288. The smallest absolute Gasteiger partial charge is 0.178 e. The highest BCUT2D eigenvalue weighted by atomic mass is 16.1. The Hall–Kier alpha value is -0.790. The fraction of sp³-hybridized carbons (Fsp3) is 0.667. The highest BCUT2D eigenvalue weighted by Gasteiger charge is 2.16. The Bertz CT molecular complexity index is 194. The maximum Gasteiger partial charge on any atom is 0.178 e. The van der Waals surface area contributed by atoms with E-state index in [1.165, 1.54) is 5.57 Å². The van der Waals surface area contributed by atoms with Gasteiger partial charge in [0.05, 0.1) is 5.70 Å². The van der Waals surface area contributed by atoms with Crippen molar-refractivity contribution in [3.05, 3.63) is 11.3 Å². The van der Waals surface area contributed by atoms with Crippen LogP contribution >= 0.6 is 0 Å². The maximum atomic E-state index is 11.3. The predicted molar refractivity (Wildman–Crippen MR) is 45.2 cm³/mol. The minimum Gasteiger partial charge on any atom is -0.382 e. The van der Waals surface area contributed by atoms with E-state index in [-0.39, 0.29) is 5.78 Å². The molecule has 11 heavy (non-hydrogen) atoms. The highest BCUT2D eigenvalue weighted by Crippen LogP contribution is 2.19. The molecule has 1 N–H and O–H groups in total. The minimum atomic E-state index is 0.288. The molecule has 0 amide bonds. The first-order valence-corrected chi connectivity index (χ1v) is 4.22. The van der Waals surface area contributed by atoms with Crippen LogP contribution in [0.15, 0.2) is 11.3 Å². The van der Waals surface area contributed by atoms with E-state index >= 15 is 0 Å². The van der Waals surface area contributed by atoms with Crippen LogP contribution in [0, 0.1) is 0 Å². The molecule has 0 radical (unpaired) electrons. The van der Waals surface area contributed by atoms with Crippen LogP contribution in [-0.2, 0) is 4.79 Å². The Morgan fingerprint density at radius 1 is 1.45 bits per heavy atom. The van der Waals surface area contributed by atoms with Crippen LogP contribution in [0.5, 0.6) is 0 Å². The van der Waals surface area contributed by atoms with Crippen molar-refractivity contribution in [2.24, 2.45) is 0 Å². The molecule has 0 unspecified atom stereocenters. The number of rotatable bonds is 2. The summed E-state index contributed by atoms with van der Waals surface area (Å²) in [4.78, 5) is 11.3. The quantitative estimate of drug-likeness (QED) is 0.653. The summed E-state index contributed by atoms with van der Waals surface area (Å²) in [5.41, 5.74) is 2.10. The first-order chi connectivity index (χ1) is 5.25. The summed E-state index contributed by atoms with van der Waals surface area (Å²) in [7, 11) is 0. The summed E-state index contributed by atoms with van der Waals surface area (Å²) in [6, 6.07) is 0. The van der Waals surface area contributed by atoms with Crippen molar-refractivity contribution < 1.29 is 4.79 Å². The van der Waals surface area contributed by atoms with E-state index in [1.54, 1.807) is 0 Å². The molecule has 2 heteroatoms. The predicted octanol–water partition coefficient (Wildman–Crippen LogP) is 1.62. The van der Waals surface area contributed by atoms with Gasteiger partial charge in [0.1, 0.15) is 0 Å². The van der Waals surface area contributed by atoms with Gasteiger partial charge < -0.3 is 5.32 Å². The lowest BCUT2D eigenvalue weighted by molar-refractivity contribution is -0.116. The van der Waals surface area contributed by atoms with E-state index in [2.05, 4.69) is 5.32 Å². The Kier molecular flexibility index (Phi) is 2.69. The largest absolute Gasteiger partial charge is 0.382 e. The summed E-state index contributed by atoms with van der Waals surface area (Å²) < 4.78 is 0. The standard InChI is InChI=1S/C9H15NO/c1-3-10-9-7(2)5-4-6-8(9)11/h10H,3-6H2,1-2H3. The second kappa shape index (κ2) is 3.56. The lowest BCUT2D eigenvalue weighted by Crippen LogP contribution is -2.24. The van der Waals surface area contributed by atoms with E-state index in [0.717, 1.165) is 31.5 Å². The molecule has 2 nitrogen and oxygen atoms in total. The Labute approximate surface area is 67.7 Å². The lowest BCUT2D eigenvalue weighted by Gasteiger charge is -2.16. The van der Waals surface area contributed by atoms with E-state index in [0.29, 0.717) is 0 Å². The van der Waals surface area contributed by atoms with Crippen molar-refractivity contribution in [2.45, 2.75) is 33.1 Å². The van der Waals surface area contributed by atoms with E-state index in [1.807, 2.05) is 13.8 Å². The van der Waals surface area contributed by atoms with Gasteiger partial charge in [-0.2, -0.15) is 0 Å². The first kappa shape index (κ1) is 8.31. The number of hydrogen-bond donors (Lipinski definition) is 1. The summed E-state index contributed by atoms with van der Waals surface area (Å²) in [5, 5.41) is 3.11. The van der Waals surface area contributed by atoms with Crippen LogP contribution in [-0.4, -0.2) is 12.3 Å². The highest BCUT2D eigenvalue weighted by molar-refractivity contribution is 5.96. The molecular weight excluding hydrogens is 138 g/mol. The van der Waals surface area contributed by atoms with Crippen molar-refractivity contribution in [2.75, 3.05) is 6.54 Å². The molecule has 0 saturated heterocycles. The number of carbonyl (C=O) groups is 1. The first-order valence-electron chi connectivity index (χ1n) is 4.22. The number of ketones is 1. The zero-order valence-corrected chi connectivity index (χ0v) is 7.24. The third kappa shape index (κ3) is 1.82. The number of nitrogens with one attached hydrogen (secondary N) is 1. The number of hydrogen-bond acceptors (Lipinski definition) is 2. The van der Waals surface area contributed by atoms with Crippen molar-refractivity contribution in [3.63, 3.8) is 0 Å². The minimum absolute atomic E-state index is 0.288. The van der Waals surface area contributed by atoms with E-state index in [9.17, 15) is 4.79 Å². The number of likely N-dealkylation sites (N-methyl/N-ethyl adjacent to an activating group) is 1. The van der Waals surface area contributed by atoms with Gasteiger partial charge in [0.25, 0.3) is 0 Å². The number of Topliss-reactive ketones (excluding diaryl/α,β-unsaturated/α-hetero) is 1. The molecule has 1 aliphatic carbocycles. The average molecular weight is 153 g/mol. The molecule has 0 aliphatic heterocycles. The molecule has 0 saturated carbocycles. The van der Waals surface area contributed by atoms with Crippen LogP contribution in [0.4, 0.5) is 0 Å². The van der Waals surface area contributed by atoms with Crippen molar-refractivity contribution in [1.29, 1.82) is 0 Å². The SMILES string of the molecule is CCNC1=C(C)CCCC1=O. The van der Waals surface area contributed by atoms with Crippen LogP contribution in [0.1, 0.15) is 33.1 Å². The zero-order chi connectivity index (χ0) is 8.27. The Morgan fingerprint density at radius 3 is 2.73 bits per heavy atom. The van der Waals surface area contributed by atoms with Crippen molar-refractivity contribution >= 4 is 5.78 Å². The average Bonchev–Trinajstić information content (AvgIpc) is 1.97. The van der Waals surface area contributed by atoms with Crippen molar-refractivity contribution in [1.82, 2.24) is 5.32 Å². The molecule has 0 spiro atoms. The maximum absolute atomic E-state index is 11.3. The Balaban J connectivity index is 2.74. The normalized spacial score (nSPS) is 18.9. The molecule has 0 aromatic carbocycles. The van der Waals surface area contributed by atoms with Gasteiger partial charge in [0, 0.05) is 13.0 Å². The molecule has 0 aromatic heterocycles. The number of carbonyl (C=O) groups excluding carboxylic acids is 1. The van der Waals surface area contributed by atoms with Gasteiger partial charge in [0.15, 0.2) is 5.78 Å². The third-order valence-electron chi connectivity index (χ3n) is 2.01. The van der Waals surface area contributed by atoms with Gasteiger partial charge in [0.2, 0.25) is 0 Å². The van der Waals surface area contributed by atoms with E-state index < -0.39 is 0 Å². The van der Waals surface area contributed by atoms with Crippen LogP contribution in [0.25, 0.3) is 0 Å². The van der Waals surface area contributed by atoms with Gasteiger partial charge in [-0.15, -0.1) is 0 Å². The molecule has 62 valence electrons. The molecule has 0 fully saturated rings. The summed E-state index contributed by atoms with van der Waals surface area (Å²) in [6.07, 6.45) is 2.83. The van der Waals surface area contributed by atoms with Gasteiger partial charge in [-0.1, -0.05) is 0 Å². The molecule has 0 aromatic rings. The summed E-state index contributed by atoms with van der Waals surface area (Å²) in [6.45, 7) is 4.90. The molecule has 1 aliphatic rings. The number of allylic oxidation sites excluding steroid dienone is 2. The van der Waals surface area contributed by atoms with Crippen LogP contribution < -0.4 is 5.32 Å². The Morgan fingerprint density at radius 2 is 2.18 bits per heavy atom. The molecule has 0 bridgehead atoms. The molecule has 0 atom stereocenters. The van der Waals surface area contributed by atoms with Gasteiger partial charge >= 0.3 is 0 Å². The molecular formula is C9H15NO. The van der Waals surface area contributed by atoms with Crippen LogP contribution in [0.2, 0.25) is 0 Å². The zero-order valence-electron chi connectivity index (χ0n) is 7.24. The molecule has 1 rings (SSSR count). The topological polar surface area (TPSA) is 29.1 Å². The van der Waals surface area contributed by atoms with Crippen LogP contribution in [0.3, 0.4) is 0 Å². The van der Waals surface area contributed by atoms with Gasteiger partial charge in [-0.3, -0.25) is 4.79 Å². The fourth-order valence-electron chi connectivity index (χ4n) is 1.43.